The molecule has 0 radical (unpaired) electrons. The van der Waals surface area contributed by atoms with Crippen molar-refractivity contribution in [2.45, 2.75) is 16.1 Å². The van der Waals surface area contributed by atoms with Gasteiger partial charge in [-0.3, -0.25) is 4.79 Å². The third-order valence-corrected chi connectivity index (χ3v) is 6.06. The molecule has 2 heterocycles. The van der Waals surface area contributed by atoms with E-state index in [2.05, 4.69) is 33.4 Å². The Hall–Kier alpha value is -2.45. The van der Waals surface area contributed by atoms with Crippen LogP contribution in [0.2, 0.25) is 0 Å². The summed E-state index contributed by atoms with van der Waals surface area (Å²) in [6.07, 6.45) is 0. The van der Waals surface area contributed by atoms with Crippen molar-refractivity contribution in [1.82, 2.24) is 15.2 Å². The molecule has 0 spiro atoms. The zero-order valence-electron chi connectivity index (χ0n) is 13.8. The number of H-pyrrole nitrogens is 1. The molecule has 0 saturated carbocycles. The van der Waals surface area contributed by atoms with Gasteiger partial charge in [-0.15, -0.1) is 16.9 Å². The van der Waals surface area contributed by atoms with E-state index in [1.165, 1.54) is 11.8 Å². The van der Waals surface area contributed by atoms with Gasteiger partial charge in [0, 0.05) is 10.6 Å². The Labute approximate surface area is 159 Å². The molecule has 1 amide bonds. The van der Waals surface area contributed by atoms with Crippen LogP contribution in [0.1, 0.15) is 11.6 Å². The minimum absolute atomic E-state index is 0.00131. The van der Waals surface area contributed by atoms with E-state index < -0.39 is 0 Å². The molecule has 0 fully saturated rings. The summed E-state index contributed by atoms with van der Waals surface area (Å²) in [5.74, 6) is 1.35. The normalized spacial score (nSPS) is 16.3. The first kappa shape index (κ1) is 17.0. The van der Waals surface area contributed by atoms with E-state index in [1.54, 1.807) is 11.8 Å². The first-order valence-electron chi connectivity index (χ1n) is 8.12. The van der Waals surface area contributed by atoms with Gasteiger partial charge in [0.05, 0.1) is 17.5 Å². The molecule has 0 bridgehead atoms. The number of aromatic nitrogens is 3. The highest BCUT2D eigenvalue weighted by atomic mass is 32.2. The van der Waals surface area contributed by atoms with Gasteiger partial charge in [0.25, 0.3) is 0 Å². The fourth-order valence-corrected chi connectivity index (χ4v) is 4.77. The van der Waals surface area contributed by atoms with E-state index in [1.807, 2.05) is 41.3 Å². The number of thioether (sulfide) groups is 2. The van der Waals surface area contributed by atoms with Gasteiger partial charge in [0.1, 0.15) is 0 Å². The van der Waals surface area contributed by atoms with Crippen LogP contribution in [0.3, 0.4) is 0 Å². The van der Waals surface area contributed by atoms with Crippen molar-refractivity contribution in [3.8, 4) is 0 Å². The molecule has 0 saturated heterocycles. The van der Waals surface area contributed by atoms with Crippen LogP contribution < -0.4 is 10.6 Å². The Bertz CT molecular complexity index is 915. The van der Waals surface area contributed by atoms with E-state index in [-0.39, 0.29) is 23.7 Å². The number of aromatic amines is 1. The average Bonchev–Trinajstić information content (AvgIpc) is 3.11. The first-order chi connectivity index (χ1) is 12.7. The van der Waals surface area contributed by atoms with Crippen LogP contribution in [-0.2, 0) is 4.79 Å². The number of rotatable bonds is 4. The van der Waals surface area contributed by atoms with Gasteiger partial charge in [-0.25, -0.2) is 5.10 Å². The van der Waals surface area contributed by atoms with E-state index in [0.717, 1.165) is 21.9 Å². The predicted octanol–water partition coefficient (Wildman–Crippen LogP) is 3.36. The minimum atomic E-state index is 0.00131. The Morgan fingerprint density at radius 2 is 2.00 bits per heavy atom. The van der Waals surface area contributed by atoms with Crippen LogP contribution in [0.25, 0.3) is 0 Å². The molecule has 26 heavy (non-hydrogen) atoms. The van der Waals surface area contributed by atoms with E-state index >= 15 is 0 Å². The van der Waals surface area contributed by atoms with E-state index in [0.29, 0.717) is 5.16 Å². The Balaban J connectivity index is 1.62. The van der Waals surface area contributed by atoms with Crippen molar-refractivity contribution in [3.63, 3.8) is 0 Å². The monoisotopic (exact) mass is 383 g/mol. The summed E-state index contributed by atoms with van der Waals surface area (Å²) in [4.78, 5) is 20.2. The zero-order chi connectivity index (χ0) is 17.9. The molecule has 1 aliphatic rings. The quantitative estimate of drug-likeness (QED) is 0.672. The number of hydrogen-bond donors (Lipinski definition) is 2. The van der Waals surface area contributed by atoms with Crippen LogP contribution in [0.4, 0.5) is 11.6 Å². The molecule has 1 aliphatic heterocycles. The highest BCUT2D eigenvalue weighted by Crippen LogP contribution is 2.43. The van der Waals surface area contributed by atoms with Crippen molar-refractivity contribution >= 4 is 41.1 Å². The van der Waals surface area contributed by atoms with Gasteiger partial charge in [-0.05, 0) is 17.7 Å². The standard InChI is InChI=1S/C18H17N5OS2/c19-17-20-18(22-21-17)26-11-16(24)23-13-8-4-5-9-15(13)25-10-14(23)12-6-2-1-3-7-12/h1-9,14H,10-11H2,(H3,19,20,21,22)/t14-/m0/s1. The highest BCUT2D eigenvalue weighted by molar-refractivity contribution is 8.00. The fraction of sp³-hybridized carbons (Fsp3) is 0.167. The maximum absolute atomic E-state index is 13.1. The van der Waals surface area contributed by atoms with Gasteiger partial charge >= 0.3 is 0 Å². The molecule has 6 nitrogen and oxygen atoms in total. The number of nitrogens with two attached hydrogens (primary N) is 1. The summed E-state index contributed by atoms with van der Waals surface area (Å²) in [7, 11) is 0. The van der Waals surface area contributed by atoms with Crippen molar-refractivity contribution in [2.24, 2.45) is 0 Å². The smallest absolute Gasteiger partial charge is 0.238 e. The van der Waals surface area contributed by atoms with Gasteiger partial charge in [0.15, 0.2) is 0 Å². The van der Waals surface area contributed by atoms with Crippen LogP contribution >= 0.6 is 23.5 Å². The molecule has 1 atom stereocenters. The first-order valence-corrected chi connectivity index (χ1v) is 10.1. The molecule has 0 unspecified atom stereocenters. The molecule has 1 aromatic heterocycles. The Kier molecular flexibility index (Phi) is 4.85. The van der Waals surface area contributed by atoms with E-state index in [9.17, 15) is 4.79 Å². The summed E-state index contributed by atoms with van der Waals surface area (Å²) < 4.78 is 0. The van der Waals surface area contributed by atoms with Crippen LogP contribution in [0.15, 0.2) is 64.6 Å². The molecule has 4 rings (SSSR count). The average molecular weight is 384 g/mol. The second-order valence-corrected chi connectivity index (χ2v) is 7.77. The summed E-state index contributed by atoms with van der Waals surface area (Å²) in [6, 6.07) is 18.2. The molecule has 8 heteroatoms. The number of nitrogen functional groups attached to an aromatic ring is 1. The number of amides is 1. The predicted molar refractivity (Wildman–Crippen MR) is 105 cm³/mol. The van der Waals surface area contributed by atoms with Crippen LogP contribution in [-0.4, -0.2) is 32.6 Å². The lowest BCUT2D eigenvalue weighted by Crippen LogP contribution is -2.39. The number of para-hydroxylation sites is 1. The Morgan fingerprint density at radius 1 is 1.23 bits per heavy atom. The molecule has 3 aromatic rings. The van der Waals surface area contributed by atoms with Crippen LogP contribution in [0, 0.1) is 0 Å². The molecule has 3 N–H and O–H groups in total. The second kappa shape index (κ2) is 7.43. The third-order valence-electron chi connectivity index (χ3n) is 4.09. The number of benzene rings is 2. The number of anilines is 2. The van der Waals surface area contributed by atoms with Crippen molar-refractivity contribution in [1.29, 1.82) is 0 Å². The zero-order valence-corrected chi connectivity index (χ0v) is 15.5. The molecular formula is C18H17N5OS2. The fourth-order valence-electron chi connectivity index (χ4n) is 2.94. The number of nitrogens with zero attached hydrogens (tertiary/aromatic N) is 3. The number of fused-ring (bicyclic) bond motifs is 1. The summed E-state index contributed by atoms with van der Waals surface area (Å²) in [5, 5.41) is 7.05. The number of nitrogens with one attached hydrogen (secondary N) is 1. The van der Waals surface area contributed by atoms with Crippen molar-refractivity contribution in [2.75, 3.05) is 22.1 Å². The summed E-state index contributed by atoms with van der Waals surface area (Å²) in [5.41, 5.74) is 7.64. The van der Waals surface area contributed by atoms with Gasteiger partial charge in [-0.2, -0.15) is 4.98 Å². The lowest BCUT2D eigenvalue weighted by molar-refractivity contribution is -0.116. The Morgan fingerprint density at radius 3 is 2.77 bits per heavy atom. The number of hydrogen-bond acceptors (Lipinski definition) is 6. The third kappa shape index (κ3) is 3.42. The lowest BCUT2D eigenvalue weighted by Gasteiger charge is -2.37. The highest BCUT2D eigenvalue weighted by Gasteiger charge is 2.32. The van der Waals surface area contributed by atoms with Crippen molar-refractivity contribution in [3.05, 3.63) is 60.2 Å². The summed E-state index contributed by atoms with van der Waals surface area (Å²) >= 11 is 3.07. The maximum atomic E-state index is 13.1. The number of carbonyl (C=O) groups excluding carboxylic acids is 1. The van der Waals surface area contributed by atoms with Crippen LogP contribution in [0.5, 0.6) is 0 Å². The van der Waals surface area contributed by atoms with Gasteiger partial charge < -0.3 is 10.6 Å². The topological polar surface area (TPSA) is 87.9 Å². The van der Waals surface area contributed by atoms with Crippen molar-refractivity contribution < 1.29 is 4.79 Å². The maximum Gasteiger partial charge on any atom is 0.238 e. The number of carbonyl (C=O) groups is 1. The lowest BCUT2D eigenvalue weighted by atomic mass is 10.1. The molecule has 0 aliphatic carbocycles. The second-order valence-electron chi connectivity index (χ2n) is 5.76. The van der Waals surface area contributed by atoms with Gasteiger partial charge in [0.2, 0.25) is 17.0 Å². The SMILES string of the molecule is Nc1nc(SCC(=O)N2c3ccccc3SC[C@H]2c2ccccc2)n[nH]1. The molecule has 2 aromatic carbocycles. The van der Waals surface area contributed by atoms with E-state index in [4.69, 9.17) is 5.73 Å². The minimum Gasteiger partial charge on any atom is -0.368 e. The summed E-state index contributed by atoms with van der Waals surface area (Å²) in [6.45, 7) is 0. The molecular weight excluding hydrogens is 366 g/mol. The largest absolute Gasteiger partial charge is 0.368 e. The van der Waals surface area contributed by atoms with Gasteiger partial charge in [-0.1, -0.05) is 54.2 Å². The molecule has 132 valence electrons.